The fraction of sp³-hybridized carbons (Fsp3) is 0.294. The lowest BCUT2D eigenvalue weighted by Gasteiger charge is -2.29. The zero-order valence-electron chi connectivity index (χ0n) is 13.3. The molecule has 1 saturated heterocycles. The van der Waals surface area contributed by atoms with E-state index in [-0.39, 0.29) is 5.43 Å². The number of oxazole rings is 1. The second-order valence-electron chi connectivity index (χ2n) is 5.72. The minimum absolute atomic E-state index is 0.0271. The van der Waals surface area contributed by atoms with Crippen LogP contribution >= 0.6 is 0 Å². The molecule has 124 valence electrons. The van der Waals surface area contributed by atoms with Crippen LogP contribution in [-0.4, -0.2) is 43.3 Å². The zero-order chi connectivity index (χ0) is 16.5. The largest absolute Gasteiger partial charge is 0.496 e. The van der Waals surface area contributed by atoms with Gasteiger partial charge in [-0.1, -0.05) is 0 Å². The summed E-state index contributed by atoms with van der Waals surface area (Å²) in [6.45, 7) is 3.56. The average Bonchev–Trinajstić information content (AvgIpc) is 3.16. The highest BCUT2D eigenvalue weighted by atomic mass is 16.5. The fourth-order valence-corrected chi connectivity index (χ4v) is 3.05. The van der Waals surface area contributed by atoms with Gasteiger partial charge in [0, 0.05) is 43.7 Å². The van der Waals surface area contributed by atoms with Gasteiger partial charge >= 0.3 is 0 Å². The van der Waals surface area contributed by atoms with E-state index in [0.717, 1.165) is 37.5 Å². The van der Waals surface area contributed by atoms with Crippen LogP contribution in [0.1, 0.15) is 0 Å². The molecule has 0 saturated carbocycles. The molecule has 2 N–H and O–H groups in total. The van der Waals surface area contributed by atoms with E-state index in [1.54, 1.807) is 25.4 Å². The highest BCUT2D eigenvalue weighted by Gasteiger charge is 2.16. The van der Waals surface area contributed by atoms with Gasteiger partial charge in [-0.2, -0.15) is 0 Å². The number of benzene rings is 1. The van der Waals surface area contributed by atoms with Crippen molar-refractivity contribution >= 4 is 16.7 Å². The third kappa shape index (κ3) is 2.52. The molecule has 1 aliphatic heterocycles. The first-order chi connectivity index (χ1) is 11.8. The Hall–Kier alpha value is -2.80. The van der Waals surface area contributed by atoms with Gasteiger partial charge in [-0.3, -0.25) is 4.79 Å². The van der Waals surface area contributed by atoms with Gasteiger partial charge in [0.15, 0.2) is 17.6 Å². The van der Waals surface area contributed by atoms with E-state index in [9.17, 15) is 4.79 Å². The molecule has 7 nitrogen and oxygen atoms in total. The molecule has 0 spiro atoms. The molecule has 1 aromatic carbocycles. The molecule has 7 heteroatoms. The average molecular weight is 326 g/mol. The second kappa shape index (κ2) is 6.01. The van der Waals surface area contributed by atoms with E-state index < -0.39 is 0 Å². The Balaban J connectivity index is 1.86. The Morgan fingerprint density at radius 3 is 2.79 bits per heavy atom. The maximum absolute atomic E-state index is 12.6. The Labute approximate surface area is 138 Å². The molecule has 4 rings (SSSR count). The van der Waals surface area contributed by atoms with Crippen molar-refractivity contribution in [3.8, 4) is 17.1 Å². The van der Waals surface area contributed by atoms with Gasteiger partial charge in [-0.25, -0.2) is 4.98 Å². The molecule has 3 aromatic rings. The summed E-state index contributed by atoms with van der Waals surface area (Å²) in [4.78, 5) is 22.1. The fourth-order valence-electron chi connectivity index (χ4n) is 3.05. The Bertz CT molecular complexity index is 911. The smallest absolute Gasteiger partial charge is 0.191 e. The number of hydrogen-bond acceptors (Lipinski definition) is 6. The van der Waals surface area contributed by atoms with Gasteiger partial charge in [0.05, 0.1) is 24.4 Å². The number of rotatable bonds is 3. The Kier molecular flexibility index (Phi) is 3.70. The molecule has 2 aromatic heterocycles. The van der Waals surface area contributed by atoms with E-state index >= 15 is 0 Å². The van der Waals surface area contributed by atoms with E-state index in [1.807, 2.05) is 6.07 Å². The number of pyridine rings is 1. The van der Waals surface area contributed by atoms with Gasteiger partial charge in [-0.15, -0.1) is 0 Å². The maximum Gasteiger partial charge on any atom is 0.191 e. The quantitative estimate of drug-likeness (QED) is 0.761. The van der Waals surface area contributed by atoms with E-state index in [1.165, 1.54) is 6.39 Å². The molecular weight excluding hydrogens is 308 g/mol. The number of anilines is 1. The van der Waals surface area contributed by atoms with Crippen molar-refractivity contribution in [2.45, 2.75) is 0 Å². The van der Waals surface area contributed by atoms with Crippen LogP contribution in [0, 0.1) is 0 Å². The van der Waals surface area contributed by atoms with Crippen molar-refractivity contribution in [3.05, 3.63) is 41.0 Å². The van der Waals surface area contributed by atoms with Gasteiger partial charge < -0.3 is 24.4 Å². The van der Waals surface area contributed by atoms with Crippen molar-refractivity contribution in [1.82, 2.24) is 15.3 Å². The van der Waals surface area contributed by atoms with Crippen LogP contribution in [0.4, 0.5) is 5.82 Å². The minimum Gasteiger partial charge on any atom is -0.496 e. The number of nitrogens with zero attached hydrogens (tertiary/aromatic N) is 2. The van der Waals surface area contributed by atoms with E-state index in [2.05, 4.69) is 20.2 Å². The lowest BCUT2D eigenvalue weighted by Crippen LogP contribution is -2.44. The summed E-state index contributed by atoms with van der Waals surface area (Å²) in [5.74, 6) is 2.04. The highest BCUT2D eigenvalue weighted by Crippen LogP contribution is 2.33. The SMILES string of the molecule is COc1cc2[nH]c(N3CCNCC3)cc(=O)c2cc1-c1cnco1. The number of hydrogen-bond donors (Lipinski definition) is 2. The molecule has 0 atom stereocenters. The van der Waals surface area contributed by atoms with Gasteiger partial charge in [0.25, 0.3) is 0 Å². The van der Waals surface area contributed by atoms with Gasteiger partial charge in [0.1, 0.15) is 11.6 Å². The molecule has 3 heterocycles. The molecule has 1 fully saturated rings. The molecule has 0 bridgehead atoms. The summed E-state index contributed by atoms with van der Waals surface area (Å²) in [7, 11) is 1.60. The number of piperazine rings is 1. The van der Waals surface area contributed by atoms with Crippen LogP contribution in [0.5, 0.6) is 5.75 Å². The molecule has 0 radical (unpaired) electrons. The molecule has 1 aliphatic rings. The number of fused-ring (bicyclic) bond motifs is 1. The highest BCUT2D eigenvalue weighted by molar-refractivity contribution is 5.88. The van der Waals surface area contributed by atoms with E-state index in [4.69, 9.17) is 9.15 Å². The summed E-state index contributed by atoms with van der Waals surface area (Å²) < 4.78 is 10.8. The van der Waals surface area contributed by atoms with E-state index in [0.29, 0.717) is 22.5 Å². The van der Waals surface area contributed by atoms with Crippen molar-refractivity contribution in [2.24, 2.45) is 0 Å². The summed E-state index contributed by atoms with van der Waals surface area (Å²) in [5.41, 5.74) is 1.43. The van der Waals surface area contributed by atoms with Crippen LogP contribution in [0.25, 0.3) is 22.2 Å². The molecule has 0 amide bonds. The van der Waals surface area contributed by atoms with Gasteiger partial charge in [0.2, 0.25) is 0 Å². The first-order valence-electron chi connectivity index (χ1n) is 7.86. The lowest BCUT2D eigenvalue weighted by atomic mass is 10.1. The Morgan fingerprint density at radius 1 is 1.25 bits per heavy atom. The third-order valence-corrected chi connectivity index (χ3v) is 4.29. The van der Waals surface area contributed by atoms with Crippen molar-refractivity contribution in [1.29, 1.82) is 0 Å². The predicted octanol–water partition coefficient (Wildman–Crippen LogP) is 1.60. The zero-order valence-corrected chi connectivity index (χ0v) is 13.3. The number of H-pyrrole nitrogens is 1. The van der Waals surface area contributed by atoms with Gasteiger partial charge in [-0.05, 0) is 6.07 Å². The summed E-state index contributed by atoms with van der Waals surface area (Å²) in [6.07, 6.45) is 2.96. The second-order valence-corrected chi connectivity index (χ2v) is 5.72. The first kappa shape index (κ1) is 14.8. The minimum atomic E-state index is -0.0271. The number of aromatic amines is 1. The van der Waals surface area contributed by atoms with Crippen molar-refractivity contribution < 1.29 is 9.15 Å². The first-order valence-corrected chi connectivity index (χ1v) is 7.86. The molecule has 0 aliphatic carbocycles. The standard InChI is InChI=1S/C17H18N4O3/c1-23-15-7-13-11(6-12(15)16-9-19-10-24-16)14(22)8-17(20-13)21-4-2-18-3-5-21/h6-10,18H,2-5H2,1H3,(H,20,22). The maximum atomic E-state index is 12.6. The number of nitrogens with one attached hydrogen (secondary N) is 2. The topological polar surface area (TPSA) is 83.4 Å². The Morgan fingerprint density at radius 2 is 2.08 bits per heavy atom. The monoisotopic (exact) mass is 326 g/mol. The molecule has 24 heavy (non-hydrogen) atoms. The van der Waals surface area contributed by atoms with Crippen LogP contribution in [0.3, 0.4) is 0 Å². The van der Waals surface area contributed by atoms with Crippen LogP contribution in [-0.2, 0) is 0 Å². The normalized spacial score (nSPS) is 15.0. The molecule has 0 unspecified atom stereocenters. The molecular formula is C17H18N4O3. The summed E-state index contributed by atoms with van der Waals surface area (Å²) in [6, 6.07) is 5.28. The number of ether oxygens (including phenoxy) is 1. The predicted molar refractivity (Wildman–Crippen MR) is 91.7 cm³/mol. The number of methoxy groups -OCH3 is 1. The van der Waals surface area contributed by atoms with Crippen LogP contribution in [0.2, 0.25) is 0 Å². The van der Waals surface area contributed by atoms with Crippen LogP contribution in [0.15, 0.2) is 40.0 Å². The summed E-state index contributed by atoms with van der Waals surface area (Å²) in [5, 5.41) is 3.91. The lowest BCUT2D eigenvalue weighted by molar-refractivity contribution is 0.415. The van der Waals surface area contributed by atoms with Crippen molar-refractivity contribution in [2.75, 3.05) is 38.2 Å². The third-order valence-electron chi connectivity index (χ3n) is 4.29. The summed E-state index contributed by atoms with van der Waals surface area (Å²) >= 11 is 0. The van der Waals surface area contributed by atoms with Crippen molar-refractivity contribution in [3.63, 3.8) is 0 Å². The number of aromatic nitrogens is 2. The van der Waals surface area contributed by atoms with Crippen LogP contribution < -0.4 is 20.4 Å².